The number of ether oxygens (including phenoxy) is 2. The molecule has 0 heterocycles. The molecule has 0 spiro atoms. The number of halogens is 2. The van der Waals surface area contributed by atoms with E-state index in [4.69, 9.17) is 21.1 Å². The summed E-state index contributed by atoms with van der Waals surface area (Å²) in [5.74, 6) is 2.77. The Balaban J connectivity index is 2.19. The van der Waals surface area contributed by atoms with Crippen molar-refractivity contribution >= 4 is 27.5 Å². The van der Waals surface area contributed by atoms with Crippen molar-refractivity contribution in [1.82, 2.24) is 0 Å². The van der Waals surface area contributed by atoms with E-state index in [1.165, 1.54) is 12.8 Å². The maximum Gasteiger partial charge on any atom is 0.175 e. The molecule has 17 heavy (non-hydrogen) atoms. The average Bonchev–Trinajstić information content (AvgIpc) is 3.12. The molecule has 0 aromatic heterocycles. The summed E-state index contributed by atoms with van der Waals surface area (Å²) in [7, 11) is 0. The molecular weight excluding hydrogens is 303 g/mol. The van der Waals surface area contributed by atoms with Gasteiger partial charge in [0.2, 0.25) is 0 Å². The first-order valence-corrected chi connectivity index (χ1v) is 7.21. The van der Waals surface area contributed by atoms with Crippen LogP contribution in [0.4, 0.5) is 0 Å². The lowest BCUT2D eigenvalue weighted by Crippen LogP contribution is -2.03. The summed E-state index contributed by atoms with van der Waals surface area (Å²) in [6.07, 6.45) is 2.56. The Morgan fingerprint density at radius 1 is 1.35 bits per heavy atom. The highest BCUT2D eigenvalue weighted by Gasteiger charge is 2.23. The maximum atomic E-state index is 5.84. The highest BCUT2D eigenvalue weighted by atomic mass is 79.9. The van der Waals surface area contributed by atoms with Crippen LogP contribution in [0.5, 0.6) is 11.5 Å². The molecule has 0 amide bonds. The van der Waals surface area contributed by atoms with Crippen molar-refractivity contribution in [3.63, 3.8) is 0 Å². The molecular formula is C13H16BrClO2. The Morgan fingerprint density at radius 3 is 2.71 bits per heavy atom. The number of rotatable bonds is 6. The Bertz CT molecular complexity index is 391. The smallest absolute Gasteiger partial charge is 0.175 e. The summed E-state index contributed by atoms with van der Waals surface area (Å²) in [5, 5.41) is 0. The predicted molar refractivity (Wildman–Crippen MR) is 73.1 cm³/mol. The number of hydrogen-bond acceptors (Lipinski definition) is 2. The summed E-state index contributed by atoms with van der Waals surface area (Å²) in [6.45, 7) is 3.36. The highest BCUT2D eigenvalue weighted by molar-refractivity contribution is 9.10. The Morgan fingerprint density at radius 2 is 2.12 bits per heavy atom. The standard InChI is InChI=1S/C13H16BrClO2/c1-2-16-12-6-10(7-15)5-11(14)13(12)17-8-9-3-4-9/h5-6,9H,2-4,7-8H2,1H3. The molecule has 0 atom stereocenters. The van der Waals surface area contributed by atoms with E-state index in [0.29, 0.717) is 12.5 Å². The van der Waals surface area contributed by atoms with Gasteiger partial charge in [-0.05, 0) is 59.3 Å². The molecule has 1 aliphatic rings. The molecule has 2 rings (SSSR count). The van der Waals surface area contributed by atoms with Gasteiger partial charge >= 0.3 is 0 Å². The number of hydrogen-bond donors (Lipinski definition) is 0. The zero-order valence-electron chi connectivity index (χ0n) is 9.84. The number of benzene rings is 1. The molecule has 1 aromatic rings. The lowest BCUT2D eigenvalue weighted by Gasteiger charge is -2.14. The molecule has 1 saturated carbocycles. The third-order valence-corrected chi connectivity index (χ3v) is 3.58. The average molecular weight is 320 g/mol. The Labute approximate surface area is 115 Å². The van der Waals surface area contributed by atoms with Crippen LogP contribution in [0.3, 0.4) is 0 Å². The number of alkyl halides is 1. The van der Waals surface area contributed by atoms with Crippen molar-refractivity contribution in [2.75, 3.05) is 13.2 Å². The fraction of sp³-hybridized carbons (Fsp3) is 0.538. The van der Waals surface area contributed by atoms with Crippen LogP contribution >= 0.6 is 27.5 Å². The van der Waals surface area contributed by atoms with Gasteiger partial charge in [-0.25, -0.2) is 0 Å². The molecule has 0 N–H and O–H groups in total. The Kier molecular flexibility index (Phi) is 4.57. The molecule has 0 radical (unpaired) electrons. The third-order valence-electron chi connectivity index (χ3n) is 2.68. The van der Waals surface area contributed by atoms with Gasteiger partial charge in [-0.15, -0.1) is 11.6 Å². The highest BCUT2D eigenvalue weighted by Crippen LogP contribution is 2.39. The molecule has 0 aliphatic heterocycles. The first-order valence-electron chi connectivity index (χ1n) is 5.88. The second-order valence-electron chi connectivity index (χ2n) is 4.23. The zero-order chi connectivity index (χ0) is 12.3. The van der Waals surface area contributed by atoms with E-state index >= 15 is 0 Å². The van der Waals surface area contributed by atoms with Crippen molar-refractivity contribution in [2.45, 2.75) is 25.6 Å². The summed E-state index contributed by atoms with van der Waals surface area (Å²) in [5.41, 5.74) is 1.03. The quantitative estimate of drug-likeness (QED) is 0.725. The molecule has 0 unspecified atom stereocenters. The Hall–Kier alpha value is -0.410. The van der Waals surface area contributed by atoms with Crippen molar-refractivity contribution in [3.8, 4) is 11.5 Å². The zero-order valence-corrected chi connectivity index (χ0v) is 12.2. The van der Waals surface area contributed by atoms with Gasteiger partial charge < -0.3 is 9.47 Å². The van der Waals surface area contributed by atoms with Gasteiger partial charge in [0, 0.05) is 5.88 Å². The molecule has 1 fully saturated rings. The summed E-state index contributed by atoms with van der Waals surface area (Å²) in [4.78, 5) is 0. The van der Waals surface area contributed by atoms with E-state index in [1.807, 2.05) is 19.1 Å². The summed E-state index contributed by atoms with van der Waals surface area (Å²) >= 11 is 9.36. The van der Waals surface area contributed by atoms with E-state index in [1.54, 1.807) is 0 Å². The summed E-state index contributed by atoms with van der Waals surface area (Å²) < 4.78 is 12.3. The first kappa shape index (κ1) is 13.0. The molecule has 0 saturated heterocycles. The van der Waals surface area contributed by atoms with Crippen molar-refractivity contribution in [3.05, 3.63) is 22.2 Å². The first-order chi connectivity index (χ1) is 8.24. The minimum Gasteiger partial charge on any atom is -0.490 e. The molecule has 1 aromatic carbocycles. The van der Waals surface area contributed by atoms with Crippen LogP contribution in [0.2, 0.25) is 0 Å². The molecule has 94 valence electrons. The van der Waals surface area contributed by atoms with Crippen LogP contribution in [0.1, 0.15) is 25.3 Å². The minimum atomic E-state index is 0.474. The molecule has 2 nitrogen and oxygen atoms in total. The lowest BCUT2D eigenvalue weighted by atomic mass is 10.2. The van der Waals surface area contributed by atoms with Crippen LogP contribution in [-0.4, -0.2) is 13.2 Å². The van der Waals surface area contributed by atoms with Gasteiger partial charge in [0.05, 0.1) is 17.7 Å². The van der Waals surface area contributed by atoms with Crippen LogP contribution in [0.25, 0.3) is 0 Å². The van der Waals surface area contributed by atoms with E-state index in [0.717, 1.165) is 34.1 Å². The van der Waals surface area contributed by atoms with Gasteiger partial charge in [0.25, 0.3) is 0 Å². The van der Waals surface area contributed by atoms with Crippen LogP contribution in [-0.2, 0) is 5.88 Å². The van der Waals surface area contributed by atoms with Gasteiger partial charge in [-0.2, -0.15) is 0 Å². The summed E-state index contributed by atoms with van der Waals surface area (Å²) in [6, 6.07) is 3.93. The lowest BCUT2D eigenvalue weighted by molar-refractivity contribution is 0.265. The van der Waals surface area contributed by atoms with Gasteiger partial charge in [0.1, 0.15) is 0 Å². The van der Waals surface area contributed by atoms with E-state index in [2.05, 4.69) is 15.9 Å². The van der Waals surface area contributed by atoms with Gasteiger partial charge in [-0.1, -0.05) is 0 Å². The van der Waals surface area contributed by atoms with Crippen LogP contribution < -0.4 is 9.47 Å². The van der Waals surface area contributed by atoms with Gasteiger partial charge in [-0.3, -0.25) is 0 Å². The van der Waals surface area contributed by atoms with Crippen molar-refractivity contribution in [2.24, 2.45) is 5.92 Å². The van der Waals surface area contributed by atoms with Crippen molar-refractivity contribution in [1.29, 1.82) is 0 Å². The van der Waals surface area contributed by atoms with E-state index < -0.39 is 0 Å². The maximum absolute atomic E-state index is 5.84. The largest absolute Gasteiger partial charge is 0.490 e. The van der Waals surface area contributed by atoms with Gasteiger partial charge in [0.15, 0.2) is 11.5 Å². The normalized spacial score (nSPS) is 14.8. The predicted octanol–water partition coefficient (Wildman–Crippen LogP) is 4.38. The van der Waals surface area contributed by atoms with Crippen LogP contribution in [0, 0.1) is 5.92 Å². The minimum absolute atomic E-state index is 0.474. The third kappa shape index (κ3) is 3.52. The van der Waals surface area contributed by atoms with E-state index in [-0.39, 0.29) is 0 Å². The second kappa shape index (κ2) is 5.96. The fourth-order valence-electron chi connectivity index (χ4n) is 1.59. The molecule has 1 aliphatic carbocycles. The van der Waals surface area contributed by atoms with Crippen LogP contribution in [0.15, 0.2) is 16.6 Å². The van der Waals surface area contributed by atoms with E-state index in [9.17, 15) is 0 Å². The fourth-order valence-corrected chi connectivity index (χ4v) is 2.35. The monoisotopic (exact) mass is 318 g/mol. The molecule has 0 bridgehead atoms. The SMILES string of the molecule is CCOc1cc(CCl)cc(Br)c1OCC1CC1. The van der Waals surface area contributed by atoms with Crippen molar-refractivity contribution < 1.29 is 9.47 Å². The second-order valence-corrected chi connectivity index (χ2v) is 5.35. The topological polar surface area (TPSA) is 18.5 Å². The molecule has 4 heteroatoms.